The van der Waals surface area contributed by atoms with Crippen LogP contribution in [0.3, 0.4) is 0 Å². The molecule has 0 spiro atoms. The fraction of sp³-hybridized carbons (Fsp3) is 0.462. The maximum absolute atomic E-state index is 12.3. The molecule has 1 aromatic rings. The Bertz CT molecular complexity index is 586. The van der Waals surface area contributed by atoms with E-state index >= 15 is 0 Å². The molecule has 20 heavy (non-hydrogen) atoms. The molecule has 0 N–H and O–H groups in total. The van der Waals surface area contributed by atoms with Crippen molar-refractivity contribution in [3.63, 3.8) is 0 Å². The Labute approximate surface area is 117 Å². The lowest BCUT2D eigenvalue weighted by atomic mass is 10.2. The Balaban J connectivity index is 2.17. The van der Waals surface area contributed by atoms with Crippen molar-refractivity contribution < 1.29 is 27.4 Å². The van der Waals surface area contributed by atoms with E-state index in [0.717, 1.165) is 0 Å². The minimum atomic E-state index is -3.63. The van der Waals surface area contributed by atoms with Crippen LogP contribution in [0.5, 0.6) is 5.75 Å². The van der Waals surface area contributed by atoms with Gasteiger partial charge in [-0.05, 0) is 31.2 Å². The highest BCUT2D eigenvalue weighted by molar-refractivity contribution is 7.91. The first kappa shape index (κ1) is 14.8. The summed E-state index contributed by atoms with van der Waals surface area (Å²) in [5.41, 5.74) is -1.34. The SMILES string of the molecule is CCOC(=O)C1(CS(=O)(=O)c2ccc(OC)cc2)CO1. The molecule has 7 heteroatoms. The van der Waals surface area contributed by atoms with Crippen LogP contribution < -0.4 is 4.74 Å². The average Bonchev–Trinajstić information content (AvgIpc) is 3.19. The predicted molar refractivity (Wildman–Crippen MR) is 70.4 cm³/mol. The summed E-state index contributed by atoms with van der Waals surface area (Å²) in [5, 5.41) is 0. The minimum absolute atomic E-state index is 0.0707. The van der Waals surface area contributed by atoms with Crippen LogP contribution in [0.25, 0.3) is 0 Å². The van der Waals surface area contributed by atoms with E-state index in [1.807, 2.05) is 0 Å². The molecule has 1 aromatic carbocycles. The molecule has 1 aliphatic heterocycles. The Morgan fingerprint density at radius 2 is 1.95 bits per heavy atom. The van der Waals surface area contributed by atoms with Gasteiger partial charge >= 0.3 is 5.97 Å². The molecule has 1 aliphatic rings. The number of hydrogen-bond donors (Lipinski definition) is 0. The van der Waals surface area contributed by atoms with Gasteiger partial charge in [-0.3, -0.25) is 0 Å². The summed E-state index contributed by atoms with van der Waals surface area (Å²) in [7, 11) is -2.13. The molecule has 110 valence electrons. The molecule has 1 saturated heterocycles. The third-order valence-corrected chi connectivity index (χ3v) is 4.82. The van der Waals surface area contributed by atoms with Crippen LogP contribution in [-0.2, 0) is 24.1 Å². The smallest absolute Gasteiger partial charge is 0.341 e. The molecule has 2 rings (SSSR count). The molecular weight excluding hydrogens is 284 g/mol. The van der Waals surface area contributed by atoms with Gasteiger partial charge in [0.25, 0.3) is 0 Å². The summed E-state index contributed by atoms with van der Waals surface area (Å²) in [6.45, 7) is 1.92. The van der Waals surface area contributed by atoms with Gasteiger partial charge in [-0.1, -0.05) is 0 Å². The first-order chi connectivity index (χ1) is 9.43. The molecule has 0 saturated carbocycles. The van der Waals surface area contributed by atoms with Gasteiger partial charge in [0.15, 0.2) is 9.84 Å². The van der Waals surface area contributed by atoms with Crippen molar-refractivity contribution >= 4 is 15.8 Å². The van der Waals surface area contributed by atoms with Gasteiger partial charge < -0.3 is 14.2 Å². The molecular formula is C13H16O6S. The number of methoxy groups -OCH3 is 1. The molecule has 0 aromatic heterocycles. The molecule has 0 radical (unpaired) electrons. The second-order valence-electron chi connectivity index (χ2n) is 4.44. The quantitative estimate of drug-likeness (QED) is 0.571. The maximum atomic E-state index is 12.3. The topological polar surface area (TPSA) is 82.2 Å². The van der Waals surface area contributed by atoms with Crippen LogP contribution in [-0.4, -0.2) is 46.1 Å². The van der Waals surface area contributed by atoms with Gasteiger partial charge in [0.1, 0.15) is 5.75 Å². The van der Waals surface area contributed by atoms with E-state index < -0.39 is 27.2 Å². The van der Waals surface area contributed by atoms with Crippen molar-refractivity contribution in [1.82, 2.24) is 0 Å². The van der Waals surface area contributed by atoms with E-state index in [-0.39, 0.29) is 18.1 Å². The molecule has 6 nitrogen and oxygen atoms in total. The zero-order valence-electron chi connectivity index (χ0n) is 11.3. The van der Waals surface area contributed by atoms with Crippen LogP contribution >= 0.6 is 0 Å². The maximum Gasteiger partial charge on any atom is 0.341 e. The third-order valence-electron chi connectivity index (χ3n) is 2.98. The minimum Gasteiger partial charge on any atom is -0.497 e. The summed E-state index contributed by atoms with van der Waals surface area (Å²) >= 11 is 0. The standard InChI is InChI=1S/C13H16O6S/c1-3-18-12(14)13(8-19-13)9-20(15,16)11-6-4-10(17-2)5-7-11/h4-7H,3,8-9H2,1-2H3. The van der Waals surface area contributed by atoms with Crippen LogP contribution in [0.2, 0.25) is 0 Å². The second kappa shape index (κ2) is 5.41. The number of esters is 1. The number of sulfone groups is 1. The average molecular weight is 300 g/mol. The van der Waals surface area contributed by atoms with E-state index in [2.05, 4.69) is 0 Å². The van der Waals surface area contributed by atoms with Crippen molar-refractivity contribution in [2.24, 2.45) is 0 Å². The molecule has 0 aliphatic carbocycles. The number of benzene rings is 1. The van der Waals surface area contributed by atoms with Crippen LogP contribution in [0, 0.1) is 0 Å². The van der Waals surface area contributed by atoms with E-state index in [1.165, 1.54) is 19.2 Å². The van der Waals surface area contributed by atoms with Crippen LogP contribution in [0.1, 0.15) is 6.92 Å². The van der Waals surface area contributed by atoms with Gasteiger partial charge in [0, 0.05) is 0 Å². The summed E-state index contributed by atoms with van der Waals surface area (Å²) in [4.78, 5) is 11.8. The first-order valence-corrected chi connectivity index (χ1v) is 7.77. The molecule has 1 fully saturated rings. The number of epoxide rings is 1. The fourth-order valence-electron chi connectivity index (χ4n) is 1.78. The second-order valence-corrected chi connectivity index (χ2v) is 6.43. The lowest BCUT2D eigenvalue weighted by Gasteiger charge is -2.11. The van der Waals surface area contributed by atoms with Crippen LogP contribution in [0.4, 0.5) is 0 Å². The molecule has 1 heterocycles. The van der Waals surface area contributed by atoms with E-state index in [0.29, 0.717) is 5.75 Å². The summed E-state index contributed by atoms with van der Waals surface area (Å²) in [6, 6.07) is 5.99. The van der Waals surface area contributed by atoms with Crippen molar-refractivity contribution in [3.8, 4) is 5.75 Å². The van der Waals surface area contributed by atoms with Crippen LogP contribution in [0.15, 0.2) is 29.2 Å². The number of hydrogen-bond acceptors (Lipinski definition) is 6. The summed E-state index contributed by atoms with van der Waals surface area (Å²) < 4.78 is 39.4. The Morgan fingerprint density at radius 1 is 1.35 bits per heavy atom. The molecule has 1 atom stereocenters. The molecule has 1 unspecified atom stereocenters. The molecule has 0 bridgehead atoms. The van der Waals surface area contributed by atoms with Gasteiger partial charge in [-0.25, -0.2) is 13.2 Å². The van der Waals surface area contributed by atoms with Gasteiger partial charge in [0.2, 0.25) is 5.60 Å². The monoisotopic (exact) mass is 300 g/mol. The van der Waals surface area contributed by atoms with E-state index in [1.54, 1.807) is 19.1 Å². The summed E-state index contributed by atoms with van der Waals surface area (Å²) in [6.07, 6.45) is 0. The predicted octanol–water partition coefficient (Wildman–Crippen LogP) is 0.801. The van der Waals surface area contributed by atoms with Crippen molar-refractivity contribution in [2.45, 2.75) is 17.4 Å². The highest BCUT2D eigenvalue weighted by atomic mass is 32.2. The first-order valence-electron chi connectivity index (χ1n) is 6.11. The van der Waals surface area contributed by atoms with Gasteiger partial charge in [-0.15, -0.1) is 0 Å². The molecule has 0 amide bonds. The third kappa shape index (κ3) is 2.94. The van der Waals surface area contributed by atoms with E-state index in [9.17, 15) is 13.2 Å². The Morgan fingerprint density at radius 3 is 2.40 bits per heavy atom. The lowest BCUT2D eigenvalue weighted by molar-refractivity contribution is -0.148. The van der Waals surface area contributed by atoms with Gasteiger partial charge in [0.05, 0.1) is 31.0 Å². The number of rotatable bonds is 6. The van der Waals surface area contributed by atoms with Crippen molar-refractivity contribution in [1.29, 1.82) is 0 Å². The highest BCUT2D eigenvalue weighted by Crippen LogP contribution is 2.32. The normalized spacial score (nSPS) is 21.3. The number of carbonyl (C=O) groups is 1. The van der Waals surface area contributed by atoms with Crippen molar-refractivity contribution in [2.75, 3.05) is 26.1 Å². The highest BCUT2D eigenvalue weighted by Gasteiger charge is 2.56. The van der Waals surface area contributed by atoms with Crippen molar-refractivity contribution in [3.05, 3.63) is 24.3 Å². The fourth-order valence-corrected chi connectivity index (χ4v) is 3.40. The Kier molecular flexibility index (Phi) is 4.01. The summed E-state index contributed by atoms with van der Waals surface area (Å²) in [5.74, 6) is -0.477. The number of carbonyl (C=O) groups excluding carboxylic acids is 1. The van der Waals surface area contributed by atoms with E-state index in [4.69, 9.17) is 14.2 Å². The number of ether oxygens (including phenoxy) is 3. The lowest BCUT2D eigenvalue weighted by Crippen LogP contribution is -2.35. The zero-order chi connectivity index (χ0) is 14.8. The van der Waals surface area contributed by atoms with Gasteiger partial charge in [-0.2, -0.15) is 0 Å². The largest absolute Gasteiger partial charge is 0.497 e. The Hall–Kier alpha value is -1.60. The zero-order valence-corrected chi connectivity index (χ0v) is 12.1.